The van der Waals surface area contributed by atoms with Gasteiger partial charge < -0.3 is 29.2 Å². The summed E-state index contributed by atoms with van der Waals surface area (Å²) in [4.78, 5) is 28.1. The molecule has 0 saturated carbocycles. The molecule has 0 fully saturated rings. The van der Waals surface area contributed by atoms with Gasteiger partial charge in [-0.3, -0.25) is 14.3 Å². The fraction of sp³-hybridized carbons (Fsp3) is 0.212. The van der Waals surface area contributed by atoms with Crippen molar-refractivity contribution in [3.8, 4) is 23.0 Å². The summed E-state index contributed by atoms with van der Waals surface area (Å²) in [6, 6.07) is 22.1. The zero-order valence-corrected chi connectivity index (χ0v) is 25.9. The average Bonchev–Trinajstić information content (AvgIpc) is 3.54. The molecule has 4 aromatic rings. The van der Waals surface area contributed by atoms with Gasteiger partial charge in [0.25, 0.3) is 15.9 Å². The molecule has 0 radical (unpaired) electrons. The molecule has 0 unspecified atom stereocenters. The van der Waals surface area contributed by atoms with Crippen molar-refractivity contribution in [1.82, 2.24) is 10.2 Å². The number of ether oxygens (including phenoxy) is 4. The summed E-state index contributed by atoms with van der Waals surface area (Å²) in [6.45, 7) is 1.70. The van der Waals surface area contributed by atoms with E-state index < -0.39 is 34.4 Å². The molecule has 11 nitrogen and oxygen atoms in total. The SMILES string of the molecule is COc1ccc(CN(C(=O)COc2ccc(S(=O)(=O)Nc3ccc(F)cc3)cc2)[C@H](C)C(=O)NCc2ccc3c(c2)OCO3)cc1. The van der Waals surface area contributed by atoms with E-state index in [0.29, 0.717) is 17.2 Å². The summed E-state index contributed by atoms with van der Waals surface area (Å²) in [7, 11) is -2.39. The molecule has 13 heteroatoms. The van der Waals surface area contributed by atoms with Crippen LogP contribution in [-0.4, -0.2) is 51.7 Å². The molecule has 4 aromatic carbocycles. The Hall–Kier alpha value is -5.30. The number of anilines is 1. The molecule has 2 N–H and O–H groups in total. The van der Waals surface area contributed by atoms with Crippen LogP contribution < -0.4 is 29.0 Å². The molecular weight excluding hydrogens is 617 g/mol. The number of methoxy groups -OCH3 is 1. The number of rotatable bonds is 13. The van der Waals surface area contributed by atoms with Crippen LogP contribution in [0.3, 0.4) is 0 Å². The minimum atomic E-state index is -3.95. The number of amides is 2. The predicted octanol–water partition coefficient (Wildman–Crippen LogP) is 4.48. The van der Waals surface area contributed by atoms with Crippen molar-refractivity contribution in [2.75, 3.05) is 25.2 Å². The van der Waals surface area contributed by atoms with E-state index in [-0.39, 0.29) is 42.1 Å². The van der Waals surface area contributed by atoms with Gasteiger partial charge in [-0.25, -0.2) is 12.8 Å². The lowest BCUT2D eigenvalue weighted by molar-refractivity contribution is -0.142. The van der Waals surface area contributed by atoms with Crippen LogP contribution in [0.25, 0.3) is 0 Å². The van der Waals surface area contributed by atoms with Crippen molar-refractivity contribution in [1.29, 1.82) is 0 Å². The number of fused-ring (bicyclic) bond motifs is 1. The Morgan fingerprint density at radius 1 is 0.891 bits per heavy atom. The van der Waals surface area contributed by atoms with Crippen LogP contribution in [0.4, 0.5) is 10.1 Å². The molecule has 46 heavy (non-hydrogen) atoms. The lowest BCUT2D eigenvalue weighted by Gasteiger charge is -2.29. The van der Waals surface area contributed by atoms with E-state index in [4.69, 9.17) is 18.9 Å². The molecule has 0 spiro atoms. The van der Waals surface area contributed by atoms with E-state index in [1.54, 1.807) is 50.4 Å². The summed E-state index contributed by atoms with van der Waals surface area (Å²) in [5.41, 5.74) is 1.78. The first kappa shape index (κ1) is 32.1. The molecule has 2 amide bonds. The normalized spacial score (nSPS) is 12.6. The summed E-state index contributed by atoms with van der Waals surface area (Å²) < 4.78 is 62.7. The quantitative estimate of drug-likeness (QED) is 0.217. The van der Waals surface area contributed by atoms with Crippen LogP contribution in [0.1, 0.15) is 18.1 Å². The second kappa shape index (κ2) is 14.2. The van der Waals surface area contributed by atoms with Gasteiger partial charge in [-0.1, -0.05) is 18.2 Å². The molecule has 0 aromatic heterocycles. The standard InChI is InChI=1S/C33H32FN3O8S/c1-22(33(39)35-18-24-5-16-30-31(17-24)45-21-44-30)37(19-23-3-10-27(42-2)11-4-23)32(38)20-43-28-12-14-29(15-13-28)46(40,41)36-26-8-6-25(34)7-9-26/h3-17,22,36H,18-21H2,1-2H3,(H,35,39)/t22-/m1/s1. The van der Waals surface area contributed by atoms with Crippen molar-refractivity contribution in [3.63, 3.8) is 0 Å². The van der Waals surface area contributed by atoms with E-state index in [1.165, 1.54) is 41.3 Å². The number of halogens is 1. The Kier molecular flexibility index (Phi) is 9.91. The van der Waals surface area contributed by atoms with Gasteiger partial charge in [0, 0.05) is 18.8 Å². The number of carbonyl (C=O) groups excluding carboxylic acids is 2. The maximum absolute atomic E-state index is 13.5. The van der Waals surface area contributed by atoms with E-state index >= 15 is 0 Å². The van der Waals surface area contributed by atoms with Gasteiger partial charge in [-0.2, -0.15) is 0 Å². The summed E-state index contributed by atoms with van der Waals surface area (Å²) in [5.74, 6) is 0.814. The third-order valence-corrected chi connectivity index (χ3v) is 8.57. The number of sulfonamides is 1. The number of carbonyl (C=O) groups is 2. The largest absolute Gasteiger partial charge is 0.497 e. The molecule has 1 atom stereocenters. The van der Waals surface area contributed by atoms with Crippen molar-refractivity contribution < 1.29 is 41.3 Å². The van der Waals surface area contributed by atoms with Crippen LogP contribution in [0, 0.1) is 5.82 Å². The monoisotopic (exact) mass is 649 g/mol. The highest BCUT2D eigenvalue weighted by molar-refractivity contribution is 7.92. The Bertz CT molecular complexity index is 1780. The predicted molar refractivity (Wildman–Crippen MR) is 167 cm³/mol. The van der Waals surface area contributed by atoms with Crippen LogP contribution in [0.15, 0.2) is 95.9 Å². The first-order valence-electron chi connectivity index (χ1n) is 14.2. The molecule has 0 saturated heterocycles. The summed E-state index contributed by atoms with van der Waals surface area (Å²) in [6.07, 6.45) is 0. The van der Waals surface area contributed by atoms with Crippen molar-refractivity contribution >= 4 is 27.5 Å². The first-order chi connectivity index (χ1) is 22.1. The van der Waals surface area contributed by atoms with Crippen molar-refractivity contribution in [3.05, 3.63) is 108 Å². The minimum absolute atomic E-state index is 0.0515. The minimum Gasteiger partial charge on any atom is -0.497 e. The van der Waals surface area contributed by atoms with E-state index in [2.05, 4.69) is 10.0 Å². The third-order valence-electron chi connectivity index (χ3n) is 7.18. The van der Waals surface area contributed by atoms with Crippen molar-refractivity contribution in [2.24, 2.45) is 0 Å². The van der Waals surface area contributed by atoms with E-state index in [0.717, 1.165) is 23.3 Å². The maximum Gasteiger partial charge on any atom is 0.261 e. The van der Waals surface area contributed by atoms with Gasteiger partial charge in [0.15, 0.2) is 18.1 Å². The number of nitrogens with one attached hydrogen (secondary N) is 2. The van der Waals surface area contributed by atoms with Crippen LogP contribution in [-0.2, 0) is 32.7 Å². The molecule has 5 rings (SSSR count). The Balaban J connectivity index is 1.23. The zero-order valence-electron chi connectivity index (χ0n) is 25.1. The molecule has 240 valence electrons. The van der Waals surface area contributed by atoms with E-state index in [1.807, 2.05) is 6.07 Å². The van der Waals surface area contributed by atoms with Gasteiger partial charge in [0.1, 0.15) is 23.4 Å². The molecule has 0 aliphatic carbocycles. The van der Waals surface area contributed by atoms with Gasteiger partial charge in [0.05, 0.1) is 12.0 Å². The smallest absolute Gasteiger partial charge is 0.261 e. The zero-order chi connectivity index (χ0) is 32.7. The second-order valence-corrected chi connectivity index (χ2v) is 12.0. The number of hydrogen-bond donors (Lipinski definition) is 2. The number of hydrogen-bond acceptors (Lipinski definition) is 8. The van der Waals surface area contributed by atoms with Crippen LogP contribution in [0.5, 0.6) is 23.0 Å². The lowest BCUT2D eigenvalue weighted by atomic mass is 10.1. The molecular formula is C33H32FN3O8S. The maximum atomic E-state index is 13.5. The Morgan fingerprint density at radius 2 is 1.54 bits per heavy atom. The van der Waals surface area contributed by atoms with Gasteiger partial charge in [0.2, 0.25) is 12.7 Å². The second-order valence-electron chi connectivity index (χ2n) is 10.3. The number of benzene rings is 4. The first-order valence-corrected chi connectivity index (χ1v) is 15.7. The molecule has 1 aliphatic rings. The van der Waals surface area contributed by atoms with Gasteiger partial charge >= 0.3 is 0 Å². The summed E-state index contributed by atoms with van der Waals surface area (Å²) >= 11 is 0. The third kappa shape index (κ3) is 8.04. The van der Waals surface area contributed by atoms with Crippen LogP contribution >= 0.6 is 0 Å². The average molecular weight is 650 g/mol. The lowest BCUT2D eigenvalue weighted by Crippen LogP contribution is -2.48. The van der Waals surface area contributed by atoms with Gasteiger partial charge in [-0.05, 0) is 90.8 Å². The Morgan fingerprint density at radius 3 is 2.24 bits per heavy atom. The summed E-state index contributed by atoms with van der Waals surface area (Å²) in [5, 5.41) is 2.87. The van der Waals surface area contributed by atoms with Gasteiger partial charge in [-0.15, -0.1) is 0 Å². The van der Waals surface area contributed by atoms with Crippen LogP contribution in [0.2, 0.25) is 0 Å². The molecule has 1 heterocycles. The topological polar surface area (TPSA) is 132 Å². The fourth-order valence-corrected chi connectivity index (χ4v) is 5.63. The van der Waals surface area contributed by atoms with Crippen molar-refractivity contribution in [2.45, 2.75) is 31.0 Å². The fourth-order valence-electron chi connectivity index (χ4n) is 4.57. The Labute approximate surface area is 265 Å². The molecule has 1 aliphatic heterocycles. The highest BCUT2D eigenvalue weighted by atomic mass is 32.2. The highest BCUT2D eigenvalue weighted by Crippen LogP contribution is 2.32. The highest BCUT2D eigenvalue weighted by Gasteiger charge is 2.27. The van der Waals surface area contributed by atoms with E-state index in [9.17, 15) is 22.4 Å². The molecule has 0 bridgehead atoms. The number of nitrogens with zero attached hydrogens (tertiary/aromatic N) is 1.